The van der Waals surface area contributed by atoms with E-state index in [0.717, 1.165) is 11.3 Å². The Balaban J connectivity index is 1.76. The van der Waals surface area contributed by atoms with Crippen molar-refractivity contribution in [2.75, 3.05) is 20.0 Å². The van der Waals surface area contributed by atoms with E-state index in [4.69, 9.17) is 20.2 Å². The molecule has 7 nitrogen and oxygen atoms in total. The molecule has 2 aromatic heterocycles. The maximum Gasteiger partial charge on any atom is 0.165 e. The largest absolute Gasteiger partial charge is 0.497 e. The number of thiazole rings is 1. The van der Waals surface area contributed by atoms with Crippen LogP contribution in [0.15, 0.2) is 41.8 Å². The van der Waals surface area contributed by atoms with E-state index in [1.807, 2.05) is 11.4 Å². The molecule has 0 aliphatic heterocycles. The average molecular weight is 407 g/mol. The van der Waals surface area contributed by atoms with E-state index in [0.29, 0.717) is 33.7 Å². The number of rotatable bonds is 5. The van der Waals surface area contributed by atoms with Crippen LogP contribution in [-0.2, 0) is 0 Å². The summed E-state index contributed by atoms with van der Waals surface area (Å²) in [5.74, 6) is 1.67. The van der Waals surface area contributed by atoms with Crippen LogP contribution in [0.3, 0.4) is 0 Å². The molecule has 29 heavy (non-hydrogen) atoms. The van der Waals surface area contributed by atoms with E-state index >= 15 is 0 Å². The Labute approximate surface area is 172 Å². The Bertz CT molecular complexity index is 1180. The van der Waals surface area contributed by atoms with Crippen LogP contribution in [0, 0.1) is 13.8 Å². The molecular formula is C21H21N5O2S. The molecule has 0 radical (unpaired) electrons. The molecule has 0 aliphatic carbocycles. The molecule has 0 saturated heterocycles. The first-order valence-electron chi connectivity index (χ1n) is 8.99. The van der Waals surface area contributed by atoms with Crippen molar-refractivity contribution in [2.24, 2.45) is 0 Å². The van der Waals surface area contributed by atoms with Gasteiger partial charge in [0.05, 0.1) is 19.9 Å². The lowest BCUT2D eigenvalue weighted by atomic mass is 10.0. The van der Waals surface area contributed by atoms with Crippen molar-refractivity contribution < 1.29 is 9.47 Å². The standard InChI is InChI=1S/C21H21N5O2S/c1-12-5-6-13(2)15(9-12)16-11-29-21(23-16)19-20(22)26(25-24-19)17-10-14(27-3)7-8-18(17)28-4/h5-11H,22H2,1-4H3. The van der Waals surface area contributed by atoms with Crippen LogP contribution in [0.1, 0.15) is 11.1 Å². The number of hydrogen-bond donors (Lipinski definition) is 1. The number of benzene rings is 2. The predicted molar refractivity (Wildman–Crippen MR) is 115 cm³/mol. The summed E-state index contributed by atoms with van der Waals surface area (Å²) >= 11 is 1.49. The van der Waals surface area contributed by atoms with Crippen molar-refractivity contribution in [1.82, 2.24) is 20.0 Å². The van der Waals surface area contributed by atoms with E-state index in [1.165, 1.54) is 27.1 Å². The Hall–Kier alpha value is -3.39. The van der Waals surface area contributed by atoms with Gasteiger partial charge in [0.1, 0.15) is 22.2 Å². The first-order valence-corrected chi connectivity index (χ1v) is 9.87. The van der Waals surface area contributed by atoms with Crippen LogP contribution in [-0.4, -0.2) is 34.2 Å². The zero-order valence-electron chi connectivity index (χ0n) is 16.6. The SMILES string of the molecule is COc1ccc(OC)c(-n2nnc(-c3nc(-c4cc(C)ccc4C)cs3)c2N)c1. The summed E-state index contributed by atoms with van der Waals surface area (Å²) in [7, 11) is 3.20. The van der Waals surface area contributed by atoms with E-state index in [-0.39, 0.29) is 0 Å². The number of aromatic nitrogens is 4. The summed E-state index contributed by atoms with van der Waals surface area (Å²) in [6.07, 6.45) is 0. The molecular weight excluding hydrogens is 386 g/mol. The van der Waals surface area contributed by atoms with Crippen molar-refractivity contribution in [3.05, 3.63) is 52.9 Å². The van der Waals surface area contributed by atoms with Crippen LogP contribution in [0.25, 0.3) is 27.6 Å². The monoisotopic (exact) mass is 407 g/mol. The Morgan fingerprint density at radius 1 is 1.03 bits per heavy atom. The van der Waals surface area contributed by atoms with Gasteiger partial charge in [0.2, 0.25) is 0 Å². The minimum atomic E-state index is 0.387. The fourth-order valence-electron chi connectivity index (χ4n) is 3.10. The third kappa shape index (κ3) is 3.42. The van der Waals surface area contributed by atoms with Crippen LogP contribution in [0.4, 0.5) is 5.82 Å². The number of ether oxygens (including phenoxy) is 2. The lowest BCUT2D eigenvalue weighted by Crippen LogP contribution is -2.05. The summed E-state index contributed by atoms with van der Waals surface area (Å²) in [5, 5.41) is 11.2. The number of nitrogens with two attached hydrogens (primary N) is 1. The minimum absolute atomic E-state index is 0.387. The lowest BCUT2D eigenvalue weighted by molar-refractivity contribution is 0.400. The number of hydrogen-bond acceptors (Lipinski definition) is 7. The van der Waals surface area contributed by atoms with Gasteiger partial charge in [0.15, 0.2) is 11.5 Å². The molecule has 0 amide bonds. The molecule has 148 valence electrons. The highest BCUT2D eigenvalue weighted by atomic mass is 32.1. The Morgan fingerprint density at radius 2 is 1.86 bits per heavy atom. The molecule has 2 heterocycles. The van der Waals surface area contributed by atoms with Crippen LogP contribution < -0.4 is 15.2 Å². The average Bonchev–Trinajstić information content (AvgIpc) is 3.36. The number of anilines is 1. The maximum absolute atomic E-state index is 6.39. The summed E-state index contributed by atoms with van der Waals surface area (Å²) < 4.78 is 12.3. The lowest BCUT2D eigenvalue weighted by Gasteiger charge is -2.10. The zero-order chi connectivity index (χ0) is 20.5. The Morgan fingerprint density at radius 3 is 2.62 bits per heavy atom. The predicted octanol–water partition coefficient (Wildman–Crippen LogP) is 4.27. The fourth-order valence-corrected chi connectivity index (χ4v) is 3.91. The van der Waals surface area contributed by atoms with Gasteiger partial charge < -0.3 is 15.2 Å². The number of nitrogen functional groups attached to an aromatic ring is 1. The minimum Gasteiger partial charge on any atom is -0.497 e. The van der Waals surface area contributed by atoms with Gasteiger partial charge in [-0.05, 0) is 37.6 Å². The molecule has 0 spiro atoms. The van der Waals surface area contributed by atoms with E-state index < -0.39 is 0 Å². The Kier molecular flexibility index (Phi) is 4.94. The van der Waals surface area contributed by atoms with Gasteiger partial charge in [-0.2, -0.15) is 4.68 Å². The number of nitrogens with zero attached hydrogens (tertiary/aromatic N) is 4. The molecule has 0 fully saturated rings. The third-order valence-corrected chi connectivity index (χ3v) is 5.54. The molecule has 0 unspecified atom stereocenters. The first kappa shape index (κ1) is 18.9. The van der Waals surface area contributed by atoms with Crippen LogP contribution in [0.2, 0.25) is 0 Å². The summed E-state index contributed by atoms with van der Waals surface area (Å²) in [4.78, 5) is 4.76. The second-order valence-corrected chi connectivity index (χ2v) is 7.49. The molecule has 0 saturated carbocycles. The summed E-state index contributed by atoms with van der Waals surface area (Å²) in [6, 6.07) is 11.7. The maximum atomic E-state index is 6.39. The highest BCUT2D eigenvalue weighted by Gasteiger charge is 2.19. The van der Waals surface area contributed by atoms with Crippen molar-refractivity contribution >= 4 is 17.2 Å². The van der Waals surface area contributed by atoms with Crippen molar-refractivity contribution in [2.45, 2.75) is 13.8 Å². The van der Waals surface area contributed by atoms with Gasteiger partial charge in [-0.1, -0.05) is 22.9 Å². The number of aryl methyl sites for hydroxylation is 2. The second kappa shape index (κ2) is 7.56. The number of methoxy groups -OCH3 is 2. The zero-order valence-corrected chi connectivity index (χ0v) is 17.4. The van der Waals surface area contributed by atoms with Gasteiger partial charge in [-0.3, -0.25) is 0 Å². The van der Waals surface area contributed by atoms with Crippen LogP contribution >= 0.6 is 11.3 Å². The molecule has 0 atom stereocenters. The van der Waals surface area contributed by atoms with Crippen LogP contribution in [0.5, 0.6) is 11.5 Å². The molecule has 4 aromatic rings. The molecule has 0 bridgehead atoms. The highest BCUT2D eigenvalue weighted by Crippen LogP contribution is 2.35. The van der Waals surface area contributed by atoms with E-state index in [1.54, 1.807) is 26.4 Å². The van der Waals surface area contributed by atoms with E-state index in [9.17, 15) is 0 Å². The third-order valence-electron chi connectivity index (χ3n) is 4.69. The normalized spacial score (nSPS) is 10.9. The quantitative estimate of drug-likeness (QED) is 0.531. The molecule has 0 aliphatic rings. The second-order valence-electron chi connectivity index (χ2n) is 6.63. The van der Waals surface area contributed by atoms with Gasteiger partial charge in [-0.15, -0.1) is 16.4 Å². The van der Waals surface area contributed by atoms with Gasteiger partial charge >= 0.3 is 0 Å². The molecule has 2 N–H and O–H groups in total. The topological polar surface area (TPSA) is 88.1 Å². The molecule has 4 rings (SSSR count). The van der Waals surface area contributed by atoms with Gasteiger partial charge in [0.25, 0.3) is 0 Å². The van der Waals surface area contributed by atoms with E-state index in [2.05, 4.69) is 42.4 Å². The molecule has 2 aromatic carbocycles. The summed E-state index contributed by atoms with van der Waals surface area (Å²) in [5.41, 5.74) is 11.9. The first-order chi connectivity index (χ1) is 14.0. The summed E-state index contributed by atoms with van der Waals surface area (Å²) in [6.45, 7) is 4.15. The smallest absolute Gasteiger partial charge is 0.165 e. The highest BCUT2D eigenvalue weighted by molar-refractivity contribution is 7.13. The van der Waals surface area contributed by atoms with Gasteiger partial charge in [0, 0.05) is 17.0 Å². The van der Waals surface area contributed by atoms with Crippen molar-refractivity contribution in [1.29, 1.82) is 0 Å². The molecule has 8 heteroatoms. The van der Waals surface area contributed by atoms with Gasteiger partial charge in [-0.25, -0.2) is 4.98 Å². The fraction of sp³-hybridized carbons (Fsp3) is 0.190. The van der Waals surface area contributed by atoms with Crippen molar-refractivity contribution in [3.63, 3.8) is 0 Å². The van der Waals surface area contributed by atoms with Crippen molar-refractivity contribution in [3.8, 4) is 39.1 Å².